The lowest BCUT2D eigenvalue weighted by atomic mass is 10.0. The predicted molar refractivity (Wildman–Crippen MR) is 102 cm³/mol. The molecule has 3 aromatic rings. The number of nitro benzene ring substituents is 1. The van der Waals surface area contributed by atoms with Crippen LogP contribution in [0.2, 0.25) is 0 Å². The van der Waals surface area contributed by atoms with Gasteiger partial charge >= 0.3 is 5.69 Å². The lowest BCUT2D eigenvalue weighted by Gasteiger charge is -2.22. The van der Waals surface area contributed by atoms with E-state index in [1.54, 1.807) is 19.1 Å². The monoisotopic (exact) mass is 354 g/mol. The molecule has 0 bridgehead atoms. The van der Waals surface area contributed by atoms with Crippen LogP contribution in [0.3, 0.4) is 0 Å². The molecule has 0 amide bonds. The molecule has 0 saturated heterocycles. The van der Waals surface area contributed by atoms with Crippen LogP contribution in [0.25, 0.3) is 11.0 Å². The van der Waals surface area contributed by atoms with Gasteiger partial charge in [-0.2, -0.15) is 0 Å². The summed E-state index contributed by atoms with van der Waals surface area (Å²) < 4.78 is 5.43. The van der Waals surface area contributed by atoms with Gasteiger partial charge in [-0.15, -0.1) is 0 Å². The van der Waals surface area contributed by atoms with Crippen LogP contribution in [-0.2, 0) is 0 Å². The van der Waals surface area contributed by atoms with Crippen molar-refractivity contribution in [2.45, 2.75) is 26.8 Å². The van der Waals surface area contributed by atoms with E-state index in [0.29, 0.717) is 6.61 Å². The van der Waals surface area contributed by atoms with Gasteiger partial charge in [0.05, 0.1) is 28.6 Å². The third-order valence-corrected chi connectivity index (χ3v) is 4.15. The first kappa shape index (κ1) is 17.7. The fourth-order valence-corrected chi connectivity index (χ4v) is 2.88. The quantitative estimate of drug-likeness (QED) is 0.475. The summed E-state index contributed by atoms with van der Waals surface area (Å²) in [6.45, 7) is 6.36. The number of ether oxygens (including phenoxy) is 1. The summed E-state index contributed by atoms with van der Waals surface area (Å²) >= 11 is 0. The average Bonchev–Trinajstić information content (AvgIpc) is 3.03. The highest BCUT2D eigenvalue weighted by molar-refractivity contribution is 5.75. The van der Waals surface area contributed by atoms with E-state index in [4.69, 9.17) is 4.74 Å². The van der Waals surface area contributed by atoms with Crippen molar-refractivity contribution in [2.24, 2.45) is 5.92 Å². The Balaban J connectivity index is 1.93. The van der Waals surface area contributed by atoms with Gasteiger partial charge in [0.15, 0.2) is 5.75 Å². The van der Waals surface area contributed by atoms with Crippen LogP contribution in [-0.4, -0.2) is 21.5 Å². The molecule has 0 spiro atoms. The molecule has 0 aliphatic carbocycles. The molecule has 0 saturated carbocycles. The predicted octanol–water partition coefficient (Wildman–Crippen LogP) is 4.68. The highest BCUT2D eigenvalue weighted by Crippen LogP contribution is 2.33. The number of benzene rings is 2. The van der Waals surface area contributed by atoms with Crippen LogP contribution in [0.5, 0.6) is 5.75 Å². The maximum Gasteiger partial charge on any atom is 0.311 e. The molecule has 0 unspecified atom stereocenters. The number of nitro groups is 1. The molecule has 136 valence electrons. The van der Waals surface area contributed by atoms with Gasteiger partial charge in [-0.05, 0) is 31.0 Å². The summed E-state index contributed by atoms with van der Waals surface area (Å²) in [5.41, 5.74) is 2.60. The zero-order valence-corrected chi connectivity index (χ0v) is 15.0. The Hall–Kier alpha value is -3.09. The highest BCUT2D eigenvalue weighted by atomic mass is 16.6. The van der Waals surface area contributed by atoms with Gasteiger partial charge in [-0.3, -0.25) is 10.1 Å². The first-order valence-electron chi connectivity index (χ1n) is 8.62. The van der Waals surface area contributed by atoms with Crippen molar-refractivity contribution in [3.63, 3.8) is 0 Å². The topological polar surface area (TPSA) is 93.1 Å². The number of aromatic amines is 1. The van der Waals surface area contributed by atoms with E-state index in [2.05, 4.69) is 29.1 Å². The Morgan fingerprint density at radius 1 is 1.27 bits per heavy atom. The number of hydrogen-bond acceptors (Lipinski definition) is 5. The molecule has 0 aliphatic rings. The summed E-state index contributed by atoms with van der Waals surface area (Å²) in [5.74, 6) is 1.34. The molecule has 2 N–H and O–H groups in total. The minimum Gasteiger partial charge on any atom is -0.487 e. The molecule has 7 heteroatoms. The number of rotatable bonds is 7. The van der Waals surface area contributed by atoms with Crippen molar-refractivity contribution in [1.29, 1.82) is 0 Å². The van der Waals surface area contributed by atoms with E-state index >= 15 is 0 Å². The van der Waals surface area contributed by atoms with E-state index in [1.807, 2.05) is 24.3 Å². The normalized spacial score (nSPS) is 12.3. The second-order valence-electron chi connectivity index (χ2n) is 6.38. The second-order valence-corrected chi connectivity index (χ2v) is 6.38. The molecule has 0 fully saturated rings. The fraction of sp³-hybridized carbons (Fsp3) is 0.316. The van der Waals surface area contributed by atoms with Gasteiger partial charge in [-0.25, -0.2) is 4.98 Å². The van der Waals surface area contributed by atoms with Crippen molar-refractivity contribution < 1.29 is 9.66 Å². The lowest BCUT2D eigenvalue weighted by molar-refractivity contribution is -0.385. The van der Waals surface area contributed by atoms with Crippen molar-refractivity contribution in [1.82, 2.24) is 9.97 Å². The second kappa shape index (κ2) is 7.43. The fourth-order valence-electron chi connectivity index (χ4n) is 2.88. The van der Waals surface area contributed by atoms with E-state index in [1.165, 1.54) is 6.07 Å². The molecule has 0 radical (unpaired) electrons. The molecule has 1 heterocycles. The van der Waals surface area contributed by atoms with E-state index in [-0.39, 0.29) is 23.4 Å². The standard InChI is InChI=1S/C19H22N4O3/c1-4-26-17-11-13(9-10-16(17)23(24)25)20-18(12(2)3)19-21-14-7-5-6-8-15(14)22-19/h5-12,18,20H,4H2,1-3H3,(H,21,22)/t18-/m1/s1. The van der Waals surface area contributed by atoms with Crippen molar-refractivity contribution in [3.05, 3.63) is 58.4 Å². The number of nitrogens with zero attached hydrogens (tertiary/aromatic N) is 2. The molecule has 1 atom stereocenters. The number of nitrogens with one attached hydrogen (secondary N) is 2. The zero-order valence-electron chi connectivity index (χ0n) is 15.0. The molecular weight excluding hydrogens is 332 g/mol. The summed E-state index contributed by atoms with van der Waals surface area (Å²) in [6, 6.07) is 12.6. The Kier molecular flexibility index (Phi) is 5.06. The summed E-state index contributed by atoms with van der Waals surface area (Å²) in [7, 11) is 0. The number of para-hydroxylation sites is 2. The molecule has 3 rings (SSSR count). The Morgan fingerprint density at radius 2 is 2.04 bits per heavy atom. The summed E-state index contributed by atoms with van der Waals surface area (Å²) in [4.78, 5) is 18.7. The molecule has 26 heavy (non-hydrogen) atoms. The SMILES string of the molecule is CCOc1cc(N[C@@H](c2nc3ccccc3[nH]2)C(C)C)ccc1[N+](=O)[O-]. The summed E-state index contributed by atoms with van der Waals surface area (Å²) in [6.07, 6.45) is 0. The third kappa shape index (κ3) is 3.61. The number of hydrogen-bond donors (Lipinski definition) is 2. The van der Waals surface area contributed by atoms with Crippen molar-refractivity contribution >= 4 is 22.4 Å². The number of fused-ring (bicyclic) bond motifs is 1. The number of H-pyrrole nitrogens is 1. The van der Waals surface area contributed by atoms with Crippen LogP contribution < -0.4 is 10.1 Å². The van der Waals surface area contributed by atoms with E-state index in [0.717, 1.165) is 22.5 Å². The number of anilines is 1. The molecule has 2 aromatic carbocycles. The summed E-state index contributed by atoms with van der Waals surface area (Å²) in [5, 5.41) is 14.6. The average molecular weight is 354 g/mol. The van der Waals surface area contributed by atoms with Gasteiger partial charge in [0.2, 0.25) is 0 Å². The van der Waals surface area contributed by atoms with Crippen LogP contribution in [0.1, 0.15) is 32.6 Å². The number of imidazole rings is 1. The minimum atomic E-state index is -0.437. The Labute approximate surface area is 151 Å². The molecule has 7 nitrogen and oxygen atoms in total. The Morgan fingerprint density at radius 3 is 2.69 bits per heavy atom. The van der Waals surface area contributed by atoms with Crippen LogP contribution in [0, 0.1) is 16.0 Å². The molecular formula is C19H22N4O3. The van der Waals surface area contributed by atoms with Crippen LogP contribution >= 0.6 is 0 Å². The smallest absolute Gasteiger partial charge is 0.311 e. The maximum absolute atomic E-state index is 11.1. The minimum absolute atomic E-state index is 0.0396. The van der Waals surface area contributed by atoms with Gasteiger partial charge in [0.25, 0.3) is 0 Å². The molecule has 1 aromatic heterocycles. The van der Waals surface area contributed by atoms with Crippen LogP contribution in [0.15, 0.2) is 42.5 Å². The van der Waals surface area contributed by atoms with Gasteiger partial charge < -0.3 is 15.0 Å². The lowest BCUT2D eigenvalue weighted by Crippen LogP contribution is -2.18. The first-order valence-corrected chi connectivity index (χ1v) is 8.62. The van der Waals surface area contributed by atoms with Gasteiger partial charge in [0, 0.05) is 17.8 Å². The van der Waals surface area contributed by atoms with E-state index in [9.17, 15) is 10.1 Å². The number of aromatic nitrogens is 2. The van der Waals surface area contributed by atoms with Crippen LogP contribution in [0.4, 0.5) is 11.4 Å². The van der Waals surface area contributed by atoms with Crippen molar-refractivity contribution in [2.75, 3.05) is 11.9 Å². The van der Waals surface area contributed by atoms with Gasteiger partial charge in [0.1, 0.15) is 5.82 Å². The largest absolute Gasteiger partial charge is 0.487 e. The highest BCUT2D eigenvalue weighted by Gasteiger charge is 2.21. The van der Waals surface area contributed by atoms with Gasteiger partial charge in [-0.1, -0.05) is 26.0 Å². The first-order chi connectivity index (χ1) is 12.5. The van der Waals surface area contributed by atoms with Crippen molar-refractivity contribution in [3.8, 4) is 5.75 Å². The third-order valence-electron chi connectivity index (χ3n) is 4.15. The zero-order chi connectivity index (χ0) is 18.7. The Bertz CT molecular complexity index is 887. The maximum atomic E-state index is 11.1. The van der Waals surface area contributed by atoms with E-state index < -0.39 is 4.92 Å². The molecule has 0 aliphatic heterocycles.